The maximum absolute atomic E-state index is 12.2. The third-order valence-electron chi connectivity index (χ3n) is 3.93. The summed E-state index contributed by atoms with van der Waals surface area (Å²) >= 11 is 0. The van der Waals surface area contributed by atoms with E-state index in [2.05, 4.69) is 24.4 Å². The maximum atomic E-state index is 12.2. The van der Waals surface area contributed by atoms with E-state index in [-0.39, 0.29) is 5.91 Å². The Kier molecular flexibility index (Phi) is 4.86. The van der Waals surface area contributed by atoms with Gasteiger partial charge in [-0.3, -0.25) is 4.79 Å². The fourth-order valence-electron chi connectivity index (χ4n) is 2.68. The van der Waals surface area contributed by atoms with Crippen molar-refractivity contribution in [1.82, 2.24) is 0 Å². The molecule has 0 unspecified atom stereocenters. The van der Waals surface area contributed by atoms with Crippen LogP contribution in [0.5, 0.6) is 0 Å². The molecule has 2 rings (SSSR count). The van der Waals surface area contributed by atoms with Crippen LogP contribution in [-0.2, 0) is 11.2 Å². The first kappa shape index (κ1) is 16.1. The Morgan fingerprint density at radius 3 is 2.23 bits per heavy atom. The van der Waals surface area contributed by atoms with Crippen LogP contribution in [0, 0.1) is 27.7 Å². The summed E-state index contributed by atoms with van der Waals surface area (Å²) in [6.45, 7) is 8.09. The van der Waals surface area contributed by atoms with Crippen LogP contribution in [0.3, 0.4) is 0 Å². The van der Waals surface area contributed by atoms with Crippen molar-refractivity contribution >= 4 is 17.3 Å². The Labute approximate surface area is 132 Å². The molecule has 0 aromatic heterocycles. The van der Waals surface area contributed by atoms with E-state index in [1.165, 1.54) is 5.56 Å². The van der Waals surface area contributed by atoms with Crippen LogP contribution in [0.2, 0.25) is 0 Å². The number of amides is 1. The van der Waals surface area contributed by atoms with E-state index >= 15 is 0 Å². The van der Waals surface area contributed by atoms with E-state index in [1.54, 1.807) is 0 Å². The van der Waals surface area contributed by atoms with E-state index in [0.717, 1.165) is 33.6 Å². The molecule has 0 bridgehead atoms. The molecule has 0 radical (unpaired) electrons. The van der Waals surface area contributed by atoms with Gasteiger partial charge < -0.3 is 11.1 Å². The molecule has 0 aliphatic heterocycles. The smallest absolute Gasteiger partial charge is 0.224 e. The molecule has 0 aliphatic carbocycles. The van der Waals surface area contributed by atoms with Gasteiger partial charge in [0.2, 0.25) is 5.91 Å². The molecule has 2 aromatic rings. The quantitative estimate of drug-likeness (QED) is 0.835. The number of rotatable bonds is 4. The fourth-order valence-corrected chi connectivity index (χ4v) is 2.68. The highest BCUT2D eigenvalue weighted by Gasteiger charge is 2.09. The lowest BCUT2D eigenvalue weighted by Crippen LogP contribution is -2.14. The van der Waals surface area contributed by atoms with Gasteiger partial charge in [-0.1, -0.05) is 29.8 Å². The van der Waals surface area contributed by atoms with Gasteiger partial charge in [-0.2, -0.15) is 0 Å². The molecule has 0 saturated carbocycles. The third-order valence-corrected chi connectivity index (χ3v) is 3.93. The van der Waals surface area contributed by atoms with Gasteiger partial charge in [0, 0.05) is 17.8 Å². The number of benzene rings is 2. The third kappa shape index (κ3) is 3.88. The number of aryl methyl sites for hydroxylation is 5. The van der Waals surface area contributed by atoms with Crippen LogP contribution in [0.1, 0.15) is 34.2 Å². The second-order valence-electron chi connectivity index (χ2n) is 6.01. The van der Waals surface area contributed by atoms with Gasteiger partial charge >= 0.3 is 0 Å². The average molecular weight is 296 g/mol. The van der Waals surface area contributed by atoms with Crippen molar-refractivity contribution in [2.45, 2.75) is 40.5 Å². The molecule has 2 aromatic carbocycles. The number of anilines is 2. The van der Waals surface area contributed by atoms with Crippen LogP contribution in [0.15, 0.2) is 30.3 Å². The molecule has 0 saturated heterocycles. The van der Waals surface area contributed by atoms with Crippen LogP contribution < -0.4 is 11.1 Å². The second kappa shape index (κ2) is 6.65. The zero-order valence-corrected chi connectivity index (χ0v) is 13.8. The number of carbonyl (C=O) groups excluding carboxylic acids is 1. The first-order chi connectivity index (χ1) is 10.4. The van der Waals surface area contributed by atoms with E-state index in [0.29, 0.717) is 12.8 Å². The number of nitrogen functional groups attached to an aromatic ring is 1. The van der Waals surface area contributed by atoms with Gasteiger partial charge in [0.25, 0.3) is 0 Å². The van der Waals surface area contributed by atoms with E-state index in [1.807, 2.05) is 39.0 Å². The van der Waals surface area contributed by atoms with Crippen molar-refractivity contribution in [3.8, 4) is 0 Å². The zero-order chi connectivity index (χ0) is 16.3. The predicted octanol–water partition coefficient (Wildman–Crippen LogP) is 4.07. The lowest BCUT2D eigenvalue weighted by molar-refractivity contribution is -0.116. The summed E-state index contributed by atoms with van der Waals surface area (Å²) in [5.41, 5.74) is 13.2. The van der Waals surface area contributed by atoms with E-state index < -0.39 is 0 Å². The summed E-state index contributed by atoms with van der Waals surface area (Å²) in [7, 11) is 0. The minimum atomic E-state index is 0.0363. The topological polar surface area (TPSA) is 55.1 Å². The highest BCUT2D eigenvalue weighted by atomic mass is 16.1. The van der Waals surface area contributed by atoms with Crippen LogP contribution in [0.25, 0.3) is 0 Å². The summed E-state index contributed by atoms with van der Waals surface area (Å²) in [4.78, 5) is 12.2. The van der Waals surface area contributed by atoms with Crippen molar-refractivity contribution < 1.29 is 4.79 Å². The largest absolute Gasteiger partial charge is 0.399 e. The monoisotopic (exact) mass is 296 g/mol. The second-order valence-corrected chi connectivity index (χ2v) is 6.01. The van der Waals surface area contributed by atoms with Crippen molar-refractivity contribution in [3.63, 3.8) is 0 Å². The average Bonchev–Trinajstić information content (AvgIpc) is 2.44. The first-order valence-corrected chi connectivity index (χ1v) is 7.59. The summed E-state index contributed by atoms with van der Waals surface area (Å²) in [5.74, 6) is 0.0363. The lowest BCUT2D eigenvalue weighted by atomic mass is 10.0. The number of hydrogen-bond acceptors (Lipinski definition) is 2. The molecule has 0 heterocycles. The van der Waals surface area contributed by atoms with E-state index in [4.69, 9.17) is 5.73 Å². The van der Waals surface area contributed by atoms with Gasteiger partial charge in [-0.05, 0) is 62.4 Å². The van der Waals surface area contributed by atoms with Crippen molar-refractivity contribution in [1.29, 1.82) is 0 Å². The standard InChI is InChI=1S/C19H24N2O/c1-12-9-14(3)19(15(4)10-12)21-18(22)8-7-16-6-5-13(2)17(20)11-16/h5-6,9-11H,7-8,20H2,1-4H3,(H,21,22). The lowest BCUT2D eigenvalue weighted by Gasteiger charge is -2.13. The van der Waals surface area contributed by atoms with Crippen molar-refractivity contribution in [2.75, 3.05) is 11.1 Å². The molecule has 1 amide bonds. The summed E-state index contributed by atoms with van der Waals surface area (Å²) in [6.07, 6.45) is 1.15. The Balaban J connectivity index is 2.00. The Bertz CT molecular complexity index is 682. The summed E-state index contributed by atoms with van der Waals surface area (Å²) in [5, 5.41) is 3.03. The molecule has 0 spiro atoms. The molecule has 3 heteroatoms. The molecule has 116 valence electrons. The predicted molar refractivity (Wildman–Crippen MR) is 93.2 cm³/mol. The zero-order valence-electron chi connectivity index (χ0n) is 13.8. The molecule has 0 aliphatic rings. The molecular formula is C19H24N2O. The minimum absolute atomic E-state index is 0.0363. The molecular weight excluding hydrogens is 272 g/mol. The number of carbonyl (C=O) groups is 1. The molecule has 0 fully saturated rings. The highest BCUT2D eigenvalue weighted by molar-refractivity contribution is 5.92. The van der Waals surface area contributed by atoms with Crippen LogP contribution in [0.4, 0.5) is 11.4 Å². The van der Waals surface area contributed by atoms with E-state index in [9.17, 15) is 4.79 Å². The molecule has 3 nitrogen and oxygen atoms in total. The molecule has 3 N–H and O–H groups in total. The fraction of sp³-hybridized carbons (Fsp3) is 0.316. The Morgan fingerprint density at radius 2 is 1.64 bits per heavy atom. The highest BCUT2D eigenvalue weighted by Crippen LogP contribution is 2.22. The minimum Gasteiger partial charge on any atom is -0.399 e. The van der Waals surface area contributed by atoms with Gasteiger partial charge in [-0.15, -0.1) is 0 Å². The van der Waals surface area contributed by atoms with Crippen LogP contribution in [-0.4, -0.2) is 5.91 Å². The Hall–Kier alpha value is -2.29. The number of nitrogens with one attached hydrogen (secondary N) is 1. The Morgan fingerprint density at radius 1 is 1.00 bits per heavy atom. The van der Waals surface area contributed by atoms with Gasteiger partial charge in [0.05, 0.1) is 0 Å². The van der Waals surface area contributed by atoms with Gasteiger partial charge in [-0.25, -0.2) is 0 Å². The van der Waals surface area contributed by atoms with Gasteiger partial charge in [0.1, 0.15) is 0 Å². The van der Waals surface area contributed by atoms with Gasteiger partial charge in [0.15, 0.2) is 0 Å². The normalized spacial score (nSPS) is 10.5. The van der Waals surface area contributed by atoms with Crippen molar-refractivity contribution in [3.05, 3.63) is 58.1 Å². The molecule has 22 heavy (non-hydrogen) atoms. The summed E-state index contributed by atoms with van der Waals surface area (Å²) < 4.78 is 0. The first-order valence-electron chi connectivity index (χ1n) is 7.59. The summed E-state index contributed by atoms with van der Waals surface area (Å²) in [6, 6.07) is 10.1. The number of nitrogens with two attached hydrogens (primary N) is 1. The van der Waals surface area contributed by atoms with Crippen molar-refractivity contribution in [2.24, 2.45) is 0 Å². The van der Waals surface area contributed by atoms with Crippen LogP contribution >= 0.6 is 0 Å². The number of hydrogen-bond donors (Lipinski definition) is 2. The SMILES string of the molecule is Cc1cc(C)c(NC(=O)CCc2ccc(C)c(N)c2)c(C)c1. The maximum Gasteiger partial charge on any atom is 0.224 e. The molecule has 0 atom stereocenters.